The number of nitrogens with one attached hydrogen (secondary N) is 1. The van der Waals surface area contributed by atoms with Crippen LogP contribution in [-0.4, -0.2) is 5.91 Å². The molecule has 0 bridgehead atoms. The molecule has 2 aromatic rings. The minimum Gasteiger partial charge on any atom is -0.397 e. The molecule has 0 aliphatic rings. The molecule has 0 aliphatic carbocycles. The van der Waals surface area contributed by atoms with E-state index in [2.05, 4.69) is 5.32 Å². The van der Waals surface area contributed by atoms with E-state index in [-0.39, 0.29) is 5.91 Å². The number of anilines is 2. The smallest absolute Gasteiger partial charge is 0.255 e. The van der Waals surface area contributed by atoms with Crippen molar-refractivity contribution in [3.05, 3.63) is 58.7 Å². The molecule has 3 N–H and O–H groups in total. The van der Waals surface area contributed by atoms with E-state index in [1.807, 2.05) is 57.2 Å². The first kappa shape index (κ1) is 13.1. The molecule has 0 spiro atoms. The Labute approximate surface area is 113 Å². The van der Waals surface area contributed by atoms with E-state index in [0.29, 0.717) is 16.9 Å². The Balaban J connectivity index is 2.23. The summed E-state index contributed by atoms with van der Waals surface area (Å²) < 4.78 is 0. The standard InChI is InChI=1S/C16H18N2O/c1-10-4-7-15(14(17)8-10)18-16(19)13-6-5-11(2)12(3)9-13/h4-9H,17H2,1-3H3,(H,18,19). The van der Waals surface area contributed by atoms with Crippen molar-refractivity contribution in [1.82, 2.24) is 0 Å². The van der Waals surface area contributed by atoms with Crippen LogP contribution in [-0.2, 0) is 0 Å². The van der Waals surface area contributed by atoms with Crippen LogP contribution in [0.15, 0.2) is 36.4 Å². The van der Waals surface area contributed by atoms with Crippen LogP contribution < -0.4 is 11.1 Å². The largest absolute Gasteiger partial charge is 0.397 e. The Morgan fingerprint density at radius 1 is 1.00 bits per heavy atom. The van der Waals surface area contributed by atoms with Crippen LogP contribution in [0.2, 0.25) is 0 Å². The average molecular weight is 254 g/mol. The topological polar surface area (TPSA) is 55.1 Å². The quantitative estimate of drug-likeness (QED) is 0.806. The van der Waals surface area contributed by atoms with Gasteiger partial charge in [0.2, 0.25) is 0 Å². The predicted octanol–water partition coefficient (Wildman–Crippen LogP) is 3.45. The summed E-state index contributed by atoms with van der Waals surface area (Å²) in [6.07, 6.45) is 0. The monoisotopic (exact) mass is 254 g/mol. The zero-order chi connectivity index (χ0) is 14.0. The highest BCUT2D eigenvalue weighted by atomic mass is 16.1. The summed E-state index contributed by atoms with van der Waals surface area (Å²) in [5, 5.41) is 2.84. The second-order valence-electron chi connectivity index (χ2n) is 4.84. The van der Waals surface area contributed by atoms with Gasteiger partial charge in [-0.3, -0.25) is 4.79 Å². The fourth-order valence-electron chi connectivity index (χ4n) is 1.87. The molecular weight excluding hydrogens is 236 g/mol. The maximum atomic E-state index is 12.1. The number of benzene rings is 2. The van der Waals surface area contributed by atoms with Crippen LogP contribution in [0, 0.1) is 20.8 Å². The minimum atomic E-state index is -0.140. The third-order valence-corrected chi connectivity index (χ3v) is 3.22. The van der Waals surface area contributed by atoms with Crippen molar-refractivity contribution in [2.75, 3.05) is 11.1 Å². The van der Waals surface area contributed by atoms with Gasteiger partial charge in [0.1, 0.15) is 0 Å². The molecule has 1 amide bonds. The minimum absolute atomic E-state index is 0.140. The lowest BCUT2D eigenvalue weighted by molar-refractivity contribution is 0.102. The molecule has 98 valence electrons. The van der Waals surface area contributed by atoms with E-state index >= 15 is 0 Å². The zero-order valence-electron chi connectivity index (χ0n) is 11.4. The lowest BCUT2D eigenvalue weighted by atomic mass is 10.1. The fourth-order valence-corrected chi connectivity index (χ4v) is 1.87. The van der Waals surface area contributed by atoms with Crippen LogP contribution in [0.3, 0.4) is 0 Å². The van der Waals surface area contributed by atoms with Gasteiger partial charge in [-0.15, -0.1) is 0 Å². The number of nitrogen functional groups attached to an aromatic ring is 1. The number of amides is 1. The predicted molar refractivity (Wildman–Crippen MR) is 79.5 cm³/mol. The molecule has 0 radical (unpaired) electrons. The van der Waals surface area contributed by atoms with Crippen molar-refractivity contribution in [2.24, 2.45) is 0 Å². The molecule has 0 heterocycles. The number of aryl methyl sites for hydroxylation is 3. The Morgan fingerprint density at radius 2 is 1.74 bits per heavy atom. The highest BCUT2D eigenvalue weighted by molar-refractivity contribution is 6.05. The van der Waals surface area contributed by atoms with E-state index < -0.39 is 0 Å². The van der Waals surface area contributed by atoms with Gasteiger partial charge < -0.3 is 11.1 Å². The molecule has 3 heteroatoms. The normalized spacial score (nSPS) is 10.3. The lowest BCUT2D eigenvalue weighted by Crippen LogP contribution is -2.13. The molecule has 0 saturated heterocycles. The first-order chi connectivity index (χ1) is 8.97. The van der Waals surface area contributed by atoms with Gasteiger partial charge in [0.15, 0.2) is 0 Å². The van der Waals surface area contributed by atoms with Crippen molar-refractivity contribution >= 4 is 17.3 Å². The first-order valence-electron chi connectivity index (χ1n) is 6.22. The highest BCUT2D eigenvalue weighted by Gasteiger charge is 2.08. The third kappa shape index (κ3) is 2.94. The molecule has 0 unspecified atom stereocenters. The van der Waals surface area contributed by atoms with Gasteiger partial charge in [0.25, 0.3) is 5.91 Å². The number of nitrogens with two attached hydrogens (primary N) is 1. The van der Waals surface area contributed by atoms with E-state index in [1.165, 1.54) is 5.56 Å². The van der Waals surface area contributed by atoms with E-state index in [9.17, 15) is 4.79 Å². The molecule has 0 fully saturated rings. The van der Waals surface area contributed by atoms with Gasteiger partial charge in [-0.2, -0.15) is 0 Å². The Bertz CT molecular complexity index is 633. The third-order valence-electron chi connectivity index (χ3n) is 3.22. The summed E-state index contributed by atoms with van der Waals surface area (Å²) >= 11 is 0. The van der Waals surface area contributed by atoms with E-state index in [4.69, 9.17) is 5.73 Å². The Morgan fingerprint density at radius 3 is 2.37 bits per heavy atom. The number of rotatable bonds is 2. The second kappa shape index (κ2) is 5.14. The van der Waals surface area contributed by atoms with Crippen LogP contribution in [0.25, 0.3) is 0 Å². The molecule has 19 heavy (non-hydrogen) atoms. The van der Waals surface area contributed by atoms with E-state index in [1.54, 1.807) is 0 Å². The van der Waals surface area contributed by atoms with Gasteiger partial charge in [0.05, 0.1) is 11.4 Å². The van der Waals surface area contributed by atoms with Gasteiger partial charge >= 0.3 is 0 Å². The summed E-state index contributed by atoms with van der Waals surface area (Å²) in [5.74, 6) is -0.140. The average Bonchev–Trinajstić information content (AvgIpc) is 2.36. The lowest BCUT2D eigenvalue weighted by Gasteiger charge is -2.10. The van der Waals surface area contributed by atoms with Crippen molar-refractivity contribution in [3.8, 4) is 0 Å². The van der Waals surface area contributed by atoms with Crippen LogP contribution in [0.4, 0.5) is 11.4 Å². The van der Waals surface area contributed by atoms with Crippen LogP contribution in [0.1, 0.15) is 27.0 Å². The van der Waals surface area contributed by atoms with Crippen molar-refractivity contribution in [2.45, 2.75) is 20.8 Å². The summed E-state index contributed by atoms with van der Waals surface area (Å²) in [4.78, 5) is 12.1. The molecule has 3 nitrogen and oxygen atoms in total. The van der Waals surface area contributed by atoms with Crippen molar-refractivity contribution in [3.63, 3.8) is 0 Å². The summed E-state index contributed by atoms with van der Waals surface area (Å²) in [6.45, 7) is 5.98. The number of carbonyl (C=O) groups is 1. The molecular formula is C16H18N2O. The molecule has 0 aromatic heterocycles. The SMILES string of the molecule is Cc1ccc(NC(=O)c2ccc(C)c(C)c2)c(N)c1. The van der Waals surface area contributed by atoms with Crippen LogP contribution >= 0.6 is 0 Å². The second-order valence-corrected chi connectivity index (χ2v) is 4.84. The molecule has 2 rings (SSSR count). The first-order valence-corrected chi connectivity index (χ1v) is 6.22. The molecule has 0 aliphatic heterocycles. The molecule has 2 aromatic carbocycles. The molecule has 0 saturated carbocycles. The van der Waals surface area contributed by atoms with Gasteiger partial charge in [-0.1, -0.05) is 12.1 Å². The summed E-state index contributed by atoms with van der Waals surface area (Å²) in [6, 6.07) is 11.2. The van der Waals surface area contributed by atoms with Crippen molar-refractivity contribution in [1.29, 1.82) is 0 Å². The van der Waals surface area contributed by atoms with Gasteiger partial charge in [-0.25, -0.2) is 0 Å². The number of carbonyl (C=O) groups excluding carboxylic acids is 1. The number of hydrogen-bond acceptors (Lipinski definition) is 2. The summed E-state index contributed by atoms with van der Waals surface area (Å²) in [5.41, 5.74) is 11.1. The van der Waals surface area contributed by atoms with E-state index in [0.717, 1.165) is 11.1 Å². The highest BCUT2D eigenvalue weighted by Crippen LogP contribution is 2.20. The Hall–Kier alpha value is -2.29. The van der Waals surface area contributed by atoms with Crippen LogP contribution in [0.5, 0.6) is 0 Å². The Kier molecular flexibility index (Phi) is 3.56. The van der Waals surface area contributed by atoms with Crippen molar-refractivity contribution < 1.29 is 4.79 Å². The maximum Gasteiger partial charge on any atom is 0.255 e. The maximum absolute atomic E-state index is 12.1. The molecule has 0 atom stereocenters. The zero-order valence-corrected chi connectivity index (χ0v) is 11.4. The van der Waals surface area contributed by atoms with Gasteiger partial charge in [-0.05, 0) is 61.7 Å². The van der Waals surface area contributed by atoms with Gasteiger partial charge in [0, 0.05) is 5.56 Å². The fraction of sp³-hybridized carbons (Fsp3) is 0.188. The summed E-state index contributed by atoms with van der Waals surface area (Å²) in [7, 11) is 0. The number of hydrogen-bond donors (Lipinski definition) is 2.